The van der Waals surface area contributed by atoms with Crippen molar-refractivity contribution in [3.8, 4) is 0 Å². The zero-order valence-electron chi connectivity index (χ0n) is 13.9. The molecule has 1 saturated heterocycles. The summed E-state index contributed by atoms with van der Waals surface area (Å²) < 4.78 is 19.6. The maximum Gasteiger partial charge on any atom is 0.123 e. The Morgan fingerprint density at radius 3 is 2.68 bits per heavy atom. The predicted molar refractivity (Wildman–Crippen MR) is 98.1 cm³/mol. The molecule has 3 heteroatoms. The van der Waals surface area contributed by atoms with Gasteiger partial charge >= 0.3 is 0 Å². The second-order valence-electron chi connectivity index (χ2n) is 7.02. The van der Waals surface area contributed by atoms with E-state index in [1.165, 1.54) is 16.3 Å². The van der Waals surface area contributed by atoms with Crippen LogP contribution in [0.5, 0.6) is 0 Å². The summed E-state index contributed by atoms with van der Waals surface area (Å²) in [7, 11) is 0. The van der Waals surface area contributed by atoms with Crippen LogP contribution in [0.25, 0.3) is 10.8 Å². The van der Waals surface area contributed by atoms with Crippen molar-refractivity contribution in [1.82, 2.24) is 0 Å². The third-order valence-corrected chi connectivity index (χ3v) is 5.59. The van der Waals surface area contributed by atoms with Crippen LogP contribution in [0.2, 0.25) is 0 Å². The number of fused-ring (bicyclic) bond motifs is 5. The fraction of sp³-hybridized carbons (Fsp3) is 0.273. The monoisotopic (exact) mass is 333 g/mol. The molecular formula is C22H20FNO. The first-order valence-electron chi connectivity index (χ1n) is 8.96. The van der Waals surface area contributed by atoms with Gasteiger partial charge in [-0.25, -0.2) is 4.39 Å². The number of hydrogen-bond donors (Lipinski definition) is 1. The molecule has 2 aliphatic rings. The third-order valence-electron chi connectivity index (χ3n) is 5.59. The van der Waals surface area contributed by atoms with Gasteiger partial charge in [0.2, 0.25) is 0 Å². The van der Waals surface area contributed by atoms with Crippen LogP contribution in [0.1, 0.15) is 36.1 Å². The Morgan fingerprint density at radius 1 is 0.960 bits per heavy atom. The second-order valence-corrected chi connectivity index (χ2v) is 7.02. The van der Waals surface area contributed by atoms with Gasteiger partial charge in [0.05, 0.1) is 12.1 Å². The Bertz CT molecular complexity index is 921. The van der Waals surface area contributed by atoms with Crippen molar-refractivity contribution in [2.45, 2.75) is 25.0 Å². The van der Waals surface area contributed by atoms with Gasteiger partial charge in [0.25, 0.3) is 0 Å². The smallest absolute Gasteiger partial charge is 0.123 e. The summed E-state index contributed by atoms with van der Waals surface area (Å²) in [5.41, 5.74) is 3.54. The average Bonchev–Trinajstić information content (AvgIpc) is 2.68. The molecule has 1 fully saturated rings. The van der Waals surface area contributed by atoms with Crippen molar-refractivity contribution in [2.24, 2.45) is 5.92 Å². The van der Waals surface area contributed by atoms with Crippen molar-refractivity contribution in [3.63, 3.8) is 0 Å². The van der Waals surface area contributed by atoms with Crippen molar-refractivity contribution in [3.05, 3.63) is 77.6 Å². The van der Waals surface area contributed by atoms with E-state index < -0.39 is 0 Å². The van der Waals surface area contributed by atoms with Crippen LogP contribution >= 0.6 is 0 Å². The number of ether oxygens (including phenoxy) is 1. The first-order chi connectivity index (χ1) is 12.3. The van der Waals surface area contributed by atoms with Crippen LogP contribution in [0.15, 0.2) is 60.7 Å². The lowest BCUT2D eigenvalue weighted by Crippen LogP contribution is -2.36. The fourth-order valence-electron chi connectivity index (χ4n) is 4.42. The number of benzene rings is 3. The lowest BCUT2D eigenvalue weighted by Gasteiger charge is -2.43. The largest absolute Gasteiger partial charge is 0.377 e. The van der Waals surface area contributed by atoms with Crippen molar-refractivity contribution < 1.29 is 9.13 Å². The number of anilines is 1. The molecule has 0 saturated carbocycles. The zero-order chi connectivity index (χ0) is 16.8. The van der Waals surface area contributed by atoms with E-state index in [9.17, 15) is 4.39 Å². The molecule has 0 amide bonds. The molecule has 3 aromatic rings. The molecule has 0 aliphatic carbocycles. The molecule has 0 radical (unpaired) electrons. The maximum atomic E-state index is 13.4. The van der Waals surface area contributed by atoms with Crippen LogP contribution in [-0.4, -0.2) is 6.61 Å². The topological polar surface area (TPSA) is 21.3 Å². The maximum absolute atomic E-state index is 13.4. The fourth-order valence-corrected chi connectivity index (χ4v) is 4.42. The van der Waals surface area contributed by atoms with Gasteiger partial charge in [0.1, 0.15) is 5.82 Å². The molecule has 0 bridgehead atoms. The minimum absolute atomic E-state index is 0.102. The Hall–Kier alpha value is -2.39. The molecule has 0 spiro atoms. The highest BCUT2D eigenvalue weighted by Gasteiger charge is 2.40. The molecular weight excluding hydrogens is 313 g/mol. The van der Waals surface area contributed by atoms with E-state index in [-0.39, 0.29) is 18.0 Å². The standard InChI is InChI=1S/C22H20FNO/c23-16-10-7-15(8-11-16)20-18-6-3-13-25-22(18)19-12-9-14-4-1-2-5-17(14)21(19)24-20/h1-2,4-5,7-12,18,20,22,24H,3,6,13H2/t18-,20+,22-/m1/s1. The highest BCUT2D eigenvalue weighted by atomic mass is 19.1. The normalized spacial score (nSPS) is 25.1. The Morgan fingerprint density at radius 2 is 1.80 bits per heavy atom. The molecule has 5 rings (SSSR count). The van der Waals surface area contributed by atoms with E-state index in [2.05, 4.69) is 41.7 Å². The van der Waals surface area contributed by atoms with Gasteiger partial charge in [-0.2, -0.15) is 0 Å². The molecule has 0 aromatic heterocycles. The molecule has 3 atom stereocenters. The molecule has 0 unspecified atom stereocenters. The molecule has 25 heavy (non-hydrogen) atoms. The van der Waals surface area contributed by atoms with E-state index in [1.807, 2.05) is 12.1 Å². The van der Waals surface area contributed by atoms with E-state index in [4.69, 9.17) is 4.74 Å². The highest BCUT2D eigenvalue weighted by Crippen LogP contribution is 2.50. The van der Waals surface area contributed by atoms with Gasteiger partial charge < -0.3 is 10.1 Å². The molecule has 126 valence electrons. The SMILES string of the molecule is Fc1ccc([C@@H]2Nc3c(ccc4ccccc34)[C@@H]3OCCC[C@H]23)cc1. The second kappa shape index (κ2) is 5.85. The predicted octanol–water partition coefficient (Wildman–Crippen LogP) is 5.61. The van der Waals surface area contributed by atoms with Crippen LogP contribution in [0.4, 0.5) is 10.1 Å². The van der Waals surface area contributed by atoms with E-state index in [0.717, 1.165) is 30.7 Å². The van der Waals surface area contributed by atoms with E-state index in [0.29, 0.717) is 5.92 Å². The van der Waals surface area contributed by atoms with Crippen molar-refractivity contribution in [2.75, 3.05) is 11.9 Å². The summed E-state index contributed by atoms with van der Waals surface area (Å²) in [4.78, 5) is 0. The molecule has 2 nitrogen and oxygen atoms in total. The molecule has 2 aliphatic heterocycles. The molecule has 1 N–H and O–H groups in total. The minimum Gasteiger partial charge on any atom is -0.377 e. The third kappa shape index (κ3) is 2.42. The summed E-state index contributed by atoms with van der Waals surface area (Å²) in [6.07, 6.45) is 2.29. The quantitative estimate of drug-likeness (QED) is 0.624. The summed E-state index contributed by atoms with van der Waals surface area (Å²) in [5.74, 6) is 0.176. The lowest BCUT2D eigenvalue weighted by atomic mass is 9.77. The number of nitrogens with one attached hydrogen (secondary N) is 1. The first kappa shape index (κ1) is 14.9. The minimum atomic E-state index is -0.193. The Balaban J connectivity index is 1.67. The lowest BCUT2D eigenvalue weighted by molar-refractivity contribution is -0.0380. The van der Waals surface area contributed by atoms with Crippen LogP contribution in [-0.2, 0) is 4.74 Å². The summed E-state index contributed by atoms with van der Waals surface area (Å²) in [5, 5.41) is 6.22. The van der Waals surface area contributed by atoms with Gasteiger partial charge in [-0.1, -0.05) is 48.5 Å². The van der Waals surface area contributed by atoms with E-state index >= 15 is 0 Å². The highest BCUT2D eigenvalue weighted by molar-refractivity contribution is 5.96. The number of halogens is 1. The summed E-state index contributed by atoms with van der Waals surface area (Å²) >= 11 is 0. The van der Waals surface area contributed by atoms with Crippen molar-refractivity contribution in [1.29, 1.82) is 0 Å². The summed E-state index contributed by atoms with van der Waals surface area (Å²) in [6, 6.07) is 19.9. The first-order valence-corrected chi connectivity index (χ1v) is 8.96. The van der Waals surface area contributed by atoms with Gasteiger partial charge in [-0.3, -0.25) is 0 Å². The number of rotatable bonds is 1. The van der Waals surface area contributed by atoms with E-state index in [1.54, 1.807) is 12.1 Å². The van der Waals surface area contributed by atoms with Crippen LogP contribution in [0.3, 0.4) is 0 Å². The van der Waals surface area contributed by atoms with Gasteiger partial charge in [-0.15, -0.1) is 0 Å². The molecule has 2 heterocycles. The molecule has 3 aromatic carbocycles. The van der Waals surface area contributed by atoms with Crippen molar-refractivity contribution >= 4 is 16.5 Å². The number of hydrogen-bond acceptors (Lipinski definition) is 2. The van der Waals surface area contributed by atoms with Crippen LogP contribution < -0.4 is 5.32 Å². The van der Waals surface area contributed by atoms with Crippen LogP contribution in [0, 0.1) is 11.7 Å². The Kier molecular flexibility index (Phi) is 3.49. The summed E-state index contributed by atoms with van der Waals surface area (Å²) in [6.45, 7) is 0.809. The average molecular weight is 333 g/mol. The van der Waals surface area contributed by atoms with Gasteiger partial charge in [0.15, 0.2) is 0 Å². The zero-order valence-corrected chi connectivity index (χ0v) is 13.9. The Labute approximate surface area is 146 Å². The van der Waals surface area contributed by atoms with Gasteiger partial charge in [0, 0.05) is 29.2 Å². The van der Waals surface area contributed by atoms with Gasteiger partial charge in [-0.05, 0) is 35.9 Å².